The van der Waals surface area contributed by atoms with Gasteiger partial charge in [-0.1, -0.05) is 30.3 Å². The molecule has 0 radical (unpaired) electrons. The maximum atomic E-state index is 13.7. The third-order valence-electron chi connectivity index (χ3n) is 7.42. The van der Waals surface area contributed by atoms with E-state index < -0.39 is 15.7 Å². The lowest BCUT2D eigenvalue weighted by molar-refractivity contribution is 0.0298. The summed E-state index contributed by atoms with van der Waals surface area (Å²) < 4.78 is 34.6. The Morgan fingerprint density at radius 2 is 1.84 bits per heavy atom. The molecule has 2 fully saturated rings. The molecule has 37 heavy (non-hydrogen) atoms. The van der Waals surface area contributed by atoms with Gasteiger partial charge in [-0.05, 0) is 36.6 Å². The minimum Gasteiger partial charge on any atom is -0.378 e. The van der Waals surface area contributed by atoms with E-state index in [2.05, 4.69) is 17.0 Å². The maximum Gasteiger partial charge on any atom is 0.275 e. The van der Waals surface area contributed by atoms with Gasteiger partial charge in [0.15, 0.2) is 5.69 Å². The normalized spacial score (nSPS) is 22.3. The molecule has 2 aromatic carbocycles. The molecule has 1 aromatic heterocycles. The molecule has 3 aliphatic rings. The first-order chi connectivity index (χ1) is 17.9. The molecule has 0 saturated carbocycles. The van der Waals surface area contributed by atoms with E-state index in [9.17, 15) is 13.4 Å². The average Bonchev–Trinajstić information content (AvgIpc) is 3.29. The Kier molecular flexibility index (Phi) is 6.38. The molecular weight excluding hydrogens is 491 g/mol. The standard InChI is InChI=1S/C28H31FN4O3S/c1-37(35)19-24-26(28(34)32-13-15-36-16-14-32)30-33(27(24)23-7-2-3-8-25(23)37)22-6-4-5-20(17-22)18-31-11-9-21(29)10-12-31/h2-8,17,19,21H,9-16,18H2,1H3. The summed E-state index contributed by atoms with van der Waals surface area (Å²) in [6, 6.07) is 15.8. The highest BCUT2D eigenvalue weighted by Crippen LogP contribution is 2.37. The zero-order valence-corrected chi connectivity index (χ0v) is 21.8. The molecule has 4 heterocycles. The van der Waals surface area contributed by atoms with Crippen molar-refractivity contribution in [1.29, 1.82) is 0 Å². The molecular formula is C28H31FN4O3S. The monoisotopic (exact) mass is 522 g/mol. The van der Waals surface area contributed by atoms with E-state index in [-0.39, 0.29) is 5.91 Å². The van der Waals surface area contributed by atoms with Gasteiger partial charge in [0, 0.05) is 69.9 Å². The van der Waals surface area contributed by atoms with Gasteiger partial charge < -0.3 is 9.64 Å². The van der Waals surface area contributed by atoms with E-state index >= 15 is 0 Å². The lowest BCUT2D eigenvalue weighted by Crippen LogP contribution is -2.41. The van der Waals surface area contributed by atoms with Crippen molar-refractivity contribution in [3.8, 4) is 16.9 Å². The van der Waals surface area contributed by atoms with Gasteiger partial charge >= 0.3 is 0 Å². The number of halogens is 1. The van der Waals surface area contributed by atoms with Crippen molar-refractivity contribution < 1.29 is 18.1 Å². The number of amides is 1. The van der Waals surface area contributed by atoms with Crippen LogP contribution >= 0.6 is 0 Å². The quantitative estimate of drug-likeness (QED) is 0.492. The highest BCUT2D eigenvalue weighted by molar-refractivity contribution is 8.01. The van der Waals surface area contributed by atoms with Crippen molar-refractivity contribution >= 4 is 20.8 Å². The summed E-state index contributed by atoms with van der Waals surface area (Å²) in [5.74, 6) is -0.172. The Balaban J connectivity index is 1.46. The van der Waals surface area contributed by atoms with Crippen molar-refractivity contribution in [3.63, 3.8) is 0 Å². The zero-order chi connectivity index (χ0) is 25.6. The number of nitrogens with zero attached hydrogens (tertiary/aromatic N) is 4. The van der Waals surface area contributed by atoms with Crippen molar-refractivity contribution in [2.24, 2.45) is 0 Å². The van der Waals surface area contributed by atoms with Crippen LogP contribution in [0.2, 0.25) is 0 Å². The molecule has 0 N–H and O–H groups in total. The van der Waals surface area contributed by atoms with E-state index in [1.54, 1.807) is 16.5 Å². The molecule has 0 spiro atoms. The predicted octanol–water partition coefficient (Wildman–Crippen LogP) is 3.38. The Morgan fingerprint density at radius 3 is 2.62 bits per heavy atom. The smallest absolute Gasteiger partial charge is 0.275 e. The first-order valence-electron chi connectivity index (χ1n) is 12.8. The van der Waals surface area contributed by atoms with Gasteiger partial charge in [-0.25, -0.2) is 9.07 Å². The van der Waals surface area contributed by atoms with Crippen LogP contribution in [0.25, 0.3) is 16.9 Å². The van der Waals surface area contributed by atoms with Gasteiger partial charge in [-0.3, -0.25) is 13.9 Å². The summed E-state index contributed by atoms with van der Waals surface area (Å²) in [4.78, 5) is 18.4. The van der Waals surface area contributed by atoms with Crippen molar-refractivity contribution in [2.75, 3.05) is 45.6 Å². The molecule has 7 nitrogen and oxygen atoms in total. The first-order valence-corrected chi connectivity index (χ1v) is 14.8. The van der Waals surface area contributed by atoms with Crippen LogP contribution in [0.5, 0.6) is 0 Å². The largest absolute Gasteiger partial charge is 0.378 e. The van der Waals surface area contributed by atoms with Gasteiger partial charge in [0.05, 0.1) is 24.6 Å². The van der Waals surface area contributed by atoms with Crippen LogP contribution in [-0.2, 0) is 20.8 Å². The molecule has 6 rings (SSSR count). The molecule has 1 amide bonds. The van der Waals surface area contributed by atoms with Crippen LogP contribution < -0.4 is 0 Å². The number of hydrogen-bond donors (Lipinski definition) is 0. The summed E-state index contributed by atoms with van der Waals surface area (Å²) in [5, 5.41) is 6.59. The number of carbonyl (C=O) groups excluding carboxylic acids is 1. The molecule has 9 heteroatoms. The van der Waals surface area contributed by atoms with Crippen LogP contribution in [0.1, 0.15) is 34.5 Å². The second-order valence-electron chi connectivity index (χ2n) is 10.1. The second kappa shape index (κ2) is 9.70. The minimum absolute atomic E-state index is 0.172. The maximum absolute atomic E-state index is 13.7. The molecule has 3 aromatic rings. The number of rotatable bonds is 4. The van der Waals surface area contributed by atoms with Crippen LogP contribution in [0.15, 0.2) is 53.4 Å². The summed E-state index contributed by atoms with van der Waals surface area (Å²) in [5.41, 5.74) is 4.49. The Labute approximate surface area is 216 Å². The van der Waals surface area contributed by atoms with Crippen molar-refractivity contribution in [1.82, 2.24) is 19.6 Å². The van der Waals surface area contributed by atoms with Crippen molar-refractivity contribution in [2.45, 2.75) is 30.5 Å². The number of carbonyl (C=O) groups is 1. The number of likely N-dealkylation sites (tertiary alicyclic amines) is 1. The number of aromatic nitrogens is 2. The third kappa shape index (κ3) is 4.60. The number of morpholine rings is 1. The third-order valence-corrected chi connectivity index (χ3v) is 9.34. The summed E-state index contributed by atoms with van der Waals surface area (Å²) in [6.45, 7) is 4.21. The van der Waals surface area contributed by atoms with E-state index in [1.807, 2.05) is 41.1 Å². The second-order valence-corrected chi connectivity index (χ2v) is 12.5. The van der Waals surface area contributed by atoms with E-state index in [0.29, 0.717) is 50.4 Å². The Morgan fingerprint density at radius 1 is 1.08 bits per heavy atom. The number of piperidine rings is 1. The molecule has 194 valence electrons. The van der Waals surface area contributed by atoms with Crippen LogP contribution in [0.4, 0.5) is 4.39 Å². The summed E-state index contributed by atoms with van der Waals surface area (Å²) >= 11 is 0. The van der Waals surface area contributed by atoms with Gasteiger partial charge in [-0.2, -0.15) is 5.10 Å². The van der Waals surface area contributed by atoms with E-state index in [4.69, 9.17) is 9.84 Å². The SMILES string of the molecule is CS1(=O)=Cc2c(C(=O)N3CCOCC3)nn(-c3cccc(CN4CCC(F)CC4)c3)c2-c2ccccc21. The Hall–Kier alpha value is -3.01. The van der Waals surface area contributed by atoms with Gasteiger partial charge in [0.2, 0.25) is 0 Å². The Bertz CT molecular complexity index is 1460. The minimum atomic E-state index is -2.50. The summed E-state index contributed by atoms with van der Waals surface area (Å²) in [6.07, 6.45) is 2.16. The van der Waals surface area contributed by atoms with Gasteiger partial charge in [0.1, 0.15) is 6.17 Å². The van der Waals surface area contributed by atoms with Crippen LogP contribution in [0, 0.1) is 0 Å². The van der Waals surface area contributed by atoms with Crippen molar-refractivity contribution in [3.05, 3.63) is 65.4 Å². The molecule has 0 aliphatic carbocycles. The number of fused-ring (bicyclic) bond motifs is 3. The number of alkyl halides is 1. The molecule has 1 atom stereocenters. The predicted molar refractivity (Wildman–Crippen MR) is 143 cm³/mol. The number of hydrogen-bond acceptors (Lipinski definition) is 5. The van der Waals surface area contributed by atoms with Crippen LogP contribution in [-0.4, -0.2) is 86.9 Å². The van der Waals surface area contributed by atoms with E-state index in [0.717, 1.165) is 47.0 Å². The first kappa shape index (κ1) is 24.3. The fourth-order valence-corrected chi connectivity index (χ4v) is 7.22. The van der Waals surface area contributed by atoms with E-state index in [1.165, 1.54) is 0 Å². The van der Waals surface area contributed by atoms with Crippen LogP contribution in [0.3, 0.4) is 0 Å². The lowest BCUT2D eigenvalue weighted by Gasteiger charge is -2.28. The fourth-order valence-electron chi connectivity index (χ4n) is 5.47. The summed E-state index contributed by atoms with van der Waals surface area (Å²) in [7, 11) is -2.50. The molecule has 2 saturated heterocycles. The van der Waals surface area contributed by atoms with Gasteiger partial charge in [0.25, 0.3) is 5.91 Å². The molecule has 0 bridgehead atoms. The zero-order valence-electron chi connectivity index (χ0n) is 20.9. The van der Waals surface area contributed by atoms with Gasteiger partial charge in [-0.15, -0.1) is 0 Å². The lowest BCUT2D eigenvalue weighted by atomic mass is 10.0. The number of benzene rings is 2. The highest BCUT2D eigenvalue weighted by Gasteiger charge is 2.33. The topological polar surface area (TPSA) is 67.7 Å². The molecule has 1 unspecified atom stereocenters. The number of ether oxygens (including phenoxy) is 1. The highest BCUT2D eigenvalue weighted by atomic mass is 32.2. The molecule has 3 aliphatic heterocycles. The fraction of sp³-hybridized carbons (Fsp3) is 0.393. The average molecular weight is 523 g/mol.